The molecule has 1 aliphatic heterocycles. The second kappa shape index (κ2) is 4.88. The van der Waals surface area contributed by atoms with Crippen LogP contribution in [0.1, 0.15) is 33.2 Å². The molecule has 110 valence electrons. The monoisotopic (exact) mass is 308 g/mol. The maximum atomic E-state index is 4.86. The van der Waals surface area contributed by atoms with E-state index in [9.17, 15) is 0 Å². The number of rotatable bonds is 1. The number of benzene rings is 1. The van der Waals surface area contributed by atoms with Crippen LogP contribution in [0.15, 0.2) is 35.3 Å². The summed E-state index contributed by atoms with van der Waals surface area (Å²) in [4.78, 5) is 6.18. The second-order valence-corrected chi connectivity index (χ2v) is 6.70. The third-order valence-electron chi connectivity index (χ3n) is 4.12. The minimum absolute atomic E-state index is 0.560. The van der Waals surface area contributed by atoms with Crippen LogP contribution in [-0.4, -0.2) is 20.5 Å². The van der Waals surface area contributed by atoms with Gasteiger partial charge in [0.05, 0.1) is 5.71 Å². The van der Waals surface area contributed by atoms with Crippen molar-refractivity contribution in [2.75, 3.05) is 0 Å². The SMILES string of the molecule is Cc1sc2c(c1C)C(c1ccccc1)=NCc1nnc(C)n1-2. The van der Waals surface area contributed by atoms with Gasteiger partial charge in [0.25, 0.3) is 0 Å². The minimum Gasteiger partial charge on any atom is -0.276 e. The zero-order valence-corrected chi connectivity index (χ0v) is 13.6. The van der Waals surface area contributed by atoms with Gasteiger partial charge < -0.3 is 0 Å². The molecule has 0 saturated heterocycles. The molecule has 0 bridgehead atoms. The van der Waals surface area contributed by atoms with Crippen molar-refractivity contribution in [1.82, 2.24) is 14.8 Å². The van der Waals surface area contributed by atoms with E-state index < -0.39 is 0 Å². The minimum atomic E-state index is 0.560. The van der Waals surface area contributed by atoms with Crippen LogP contribution in [0.25, 0.3) is 5.00 Å². The molecule has 1 aliphatic rings. The Kier molecular flexibility index (Phi) is 2.97. The topological polar surface area (TPSA) is 43.1 Å². The van der Waals surface area contributed by atoms with Gasteiger partial charge in [-0.25, -0.2) is 0 Å². The van der Waals surface area contributed by atoms with E-state index in [-0.39, 0.29) is 0 Å². The number of aliphatic imine (C=N–C) groups is 1. The first kappa shape index (κ1) is 13.4. The van der Waals surface area contributed by atoms with Gasteiger partial charge in [0.1, 0.15) is 17.4 Å². The molecule has 1 aromatic carbocycles. The Labute approximate surface area is 133 Å². The summed E-state index contributed by atoms with van der Waals surface area (Å²) in [7, 11) is 0. The molecule has 3 heterocycles. The molecule has 0 atom stereocenters. The molecule has 0 unspecified atom stereocenters. The molecule has 0 amide bonds. The number of aromatic nitrogens is 3. The number of fused-ring (bicyclic) bond motifs is 3. The fourth-order valence-corrected chi connectivity index (χ4v) is 4.10. The van der Waals surface area contributed by atoms with Gasteiger partial charge in [0.15, 0.2) is 5.82 Å². The molecule has 2 aromatic heterocycles. The average Bonchev–Trinajstić information content (AvgIpc) is 2.97. The lowest BCUT2D eigenvalue weighted by atomic mass is 10.00. The van der Waals surface area contributed by atoms with Gasteiger partial charge in [0.2, 0.25) is 0 Å². The Balaban J connectivity index is 2.04. The van der Waals surface area contributed by atoms with Gasteiger partial charge in [0, 0.05) is 16.0 Å². The third kappa shape index (κ3) is 1.85. The van der Waals surface area contributed by atoms with Crippen molar-refractivity contribution in [3.8, 4) is 5.00 Å². The molecule has 5 heteroatoms. The van der Waals surface area contributed by atoms with Crippen molar-refractivity contribution >= 4 is 17.0 Å². The van der Waals surface area contributed by atoms with Gasteiger partial charge in [-0.3, -0.25) is 9.56 Å². The first-order chi connectivity index (χ1) is 10.7. The van der Waals surface area contributed by atoms with E-state index >= 15 is 0 Å². The van der Waals surface area contributed by atoms with Crippen LogP contribution in [0.2, 0.25) is 0 Å². The van der Waals surface area contributed by atoms with Crippen LogP contribution < -0.4 is 0 Å². The molecule has 22 heavy (non-hydrogen) atoms. The molecule has 0 radical (unpaired) electrons. The molecule has 0 spiro atoms. The Morgan fingerprint density at radius 2 is 1.82 bits per heavy atom. The Morgan fingerprint density at radius 3 is 2.59 bits per heavy atom. The first-order valence-electron chi connectivity index (χ1n) is 7.28. The number of nitrogens with zero attached hydrogens (tertiary/aromatic N) is 4. The highest BCUT2D eigenvalue weighted by atomic mass is 32.1. The summed E-state index contributed by atoms with van der Waals surface area (Å²) in [5, 5.41) is 9.71. The van der Waals surface area contributed by atoms with E-state index in [0.29, 0.717) is 6.54 Å². The highest BCUT2D eigenvalue weighted by Crippen LogP contribution is 2.35. The highest BCUT2D eigenvalue weighted by molar-refractivity contribution is 7.15. The maximum absolute atomic E-state index is 4.86. The van der Waals surface area contributed by atoms with E-state index in [0.717, 1.165) is 22.9 Å². The molecule has 0 saturated carbocycles. The number of thiophene rings is 1. The number of hydrogen-bond donors (Lipinski definition) is 0. The lowest BCUT2D eigenvalue weighted by Crippen LogP contribution is -2.06. The zero-order chi connectivity index (χ0) is 15.3. The highest BCUT2D eigenvalue weighted by Gasteiger charge is 2.26. The molecule has 3 aromatic rings. The lowest BCUT2D eigenvalue weighted by molar-refractivity contribution is 0.869. The van der Waals surface area contributed by atoms with Crippen molar-refractivity contribution in [2.45, 2.75) is 27.3 Å². The largest absolute Gasteiger partial charge is 0.276 e. The Hall–Kier alpha value is -2.27. The molecule has 0 aliphatic carbocycles. The number of hydrogen-bond acceptors (Lipinski definition) is 4. The van der Waals surface area contributed by atoms with Crippen LogP contribution in [0, 0.1) is 20.8 Å². The normalized spacial score (nSPS) is 13.3. The molecule has 4 nitrogen and oxygen atoms in total. The number of aryl methyl sites for hydroxylation is 2. The lowest BCUT2D eigenvalue weighted by Gasteiger charge is -2.09. The second-order valence-electron chi connectivity index (χ2n) is 5.49. The summed E-state index contributed by atoms with van der Waals surface area (Å²) in [6.45, 7) is 6.90. The summed E-state index contributed by atoms with van der Waals surface area (Å²) in [5.41, 5.74) is 4.72. The van der Waals surface area contributed by atoms with Crippen molar-refractivity contribution in [2.24, 2.45) is 4.99 Å². The van der Waals surface area contributed by atoms with Crippen molar-refractivity contribution < 1.29 is 0 Å². The van der Waals surface area contributed by atoms with Crippen molar-refractivity contribution in [3.63, 3.8) is 0 Å². The van der Waals surface area contributed by atoms with E-state index in [2.05, 4.69) is 52.9 Å². The van der Waals surface area contributed by atoms with E-state index in [1.165, 1.54) is 21.0 Å². The quantitative estimate of drug-likeness (QED) is 0.689. The summed E-state index contributed by atoms with van der Waals surface area (Å²) < 4.78 is 2.15. The van der Waals surface area contributed by atoms with Crippen LogP contribution >= 0.6 is 11.3 Å². The van der Waals surface area contributed by atoms with Gasteiger partial charge in [-0.05, 0) is 26.3 Å². The van der Waals surface area contributed by atoms with E-state index in [1.54, 1.807) is 11.3 Å². The van der Waals surface area contributed by atoms with Gasteiger partial charge >= 0.3 is 0 Å². The van der Waals surface area contributed by atoms with Gasteiger partial charge in [-0.15, -0.1) is 21.5 Å². The van der Waals surface area contributed by atoms with Crippen LogP contribution in [0.3, 0.4) is 0 Å². The van der Waals surface area contributed by atoms with Crippen LogP contribution in [-0.2, 0) is 6.54 Å². The standard InChI is InChI=1S/C17H16N4S/c1-10-11(2)22-17-15(10)16(13-7-5-4-6-8-13)18-9-14-20-19-12(3)21(14)17/h4-8H,9H2,1-3H3. The third-order valence-corrected chi connectivity index (χ3v) is 5.32. The summed E-state index contributed by atoms with van der Waals surface area (Å²) >= 11 is 1.79. The first-order valence-corrected chi connectivity index (χ1v) is 8.10. The molecule has 0 N–H and O–H groups in total. The van der Waals surface area contributed by atoms with Crippen molar-refractivity contribution in [3.05, 3.63) is 63.5 Å². The molecular weight excluding hydrogens is 292 g/mol. The summed E-state index contributed by atoms with van der Waals surface area (Å²) in [5.74, 6) is 1.83. The maximum Gasteiger partial charge on any atom is 0.160 e. The molecular formula is C17H16N4S. The average molecular weight is 308 g/mol. The van der Waals surface area contributed by atoms with Crippen molar-refractivity contribution in [1.29, 1.82) is 0 Å². The Morgan fingerprint density at radius 1 is 1.05 bits per heavy atom. The van der Waals surface area contributed by atoms with Gasteiger partial charge in [-0.2, -0.15) is 0 Å². The van der Waals surface area contributed by atoms with E-state index in [1.807, 2.05) is 13.0 Å². The summed E-state index contributed by atoms with van der Waals surface area (Å²) in [6, 6.07) is 10.4. The predicted octanol–water partition coefficient (Wildman–Crippen LogP) is 3.61. The predicted molar refractivity (Wildman–Crippen MR) is 89.2 cm³/mol. The van der Waals surface area contributed by atoms with Gasteiger partial charge in [-0.1, -0.05) is 30.3 Å². The van der Waals surface area contributed by atoms with Crippen LogP contribution in [0.4, 0.5) is 0 Å². The fraction of sp³-hybridized carbons (Fsp3) is 0.235. The fourth-order valence-electron chi connectivity index (χ4n) is 2.88. The molecule has 4 rings (SSSR count). The van der Waals surface area contributed by atoms with E-state index in [4.69, 9.17) is 4.99 Å². The Bertz CT molecular complexity index is 887. The van der Waals surface area contributed by atoms with Crippen LogP contribution in [0.5, 0.6) is 0 Å². The molecule has 0 fully saturated rings. The zero-order valence-electron chi connectivity index (χ0n) is 12.8. The summed E-state index contributed by atoms with van der Waals surface area (Å²) in [6.07, 6.45) is 0. The smallest absolute Gasteiger partial charge is 0.160 e.